The number of pyridine rings is 1. The van der Waals surface area contributed by atoms with Gasteiger partial charge in [-0.3, -0.25) is 9.69 Å². The van der Waals surface area contributed by atoms with Crippen LogP contribution in [-0.4, -0.2) is 67.2 Å². The van der Waals surface area contributed by atoms with Crippen molar-refractivity contribution in [2.75, 3.05) is 11.9 Å². The number of carbonyl (C=O) groups is 2. The number of fused-ring (bicyclic) bond motifs is 1. The summed E-state index contributed by atoms with van der Waals surface area (Å²) < 4.78 is 1.85. The van der Waals surface area contributed by atoms with Gasteiger partial charge in [-0.2, -0.15) is 0 Å². The maximum absolute atomic E-state index is 13.4. The predicted molar refractivity (Wildman–Crippen MR) is 170 cm³/mol. The molecule has 2 amide bonds. The number of carboxylic acid groups (broad SMARTS) is 1. The maximum Gasteiger partial charge on any atom is 0.407 e. The molecule has 0 aliphatic rings. The highest BCUT2D eigenvalue weighted by Crippen LogP contribution is 2.41. The van der Waals surface area contributed by atoms with Crippen molar-refractivity contribution < 1.29 is 14.7 Å². The highest BCUT2D eigenvalue weighted by molar-refractivity contribution is 6.90. The van der Waals surface area contributed by atoms with Gasteiger partial charge in [0.05, 0.1) is 12.0 Å². The summed E-state index contributed by atoms with van der Waals surface area (Å²) in [5, 5.41) is 12.7. The number of carbonyl (C=O) groups excluding carboxylic acids is 1. The Morgan fingerprint density at radius 3 is 2.19 bits per heavy atom. The molecule has 0 saturated carbocycles. The SMILES string of the molecule is CC(C(=O)Nc1cc(-c2ncnc3ncn(C)c23)cc(C#C[Si](C(C)C)(C(C)C)C(C)C)n1)N(CC(C)(C)C)C(=O)O. The van der Waals surface area contributed by atoms with Gasteiger partial charge < -0.3 is 15.0 Å². The lowest BCUT2D eigenvalue weighted by molar-refractivity contribution is -0.120. The van der Waals surface area contributed by atoms with Gasteiger partial charge in [-0.1, -0.05) is 68.2 Å². The third-order valence-corrected chi connectivity index (χ3v) is 14.2. The second-order valence-electron chi connectivity index (χ2n) is 13.2. The van der Waals surface area contributed by atoms with Crippen LogP contribution < -0.4 is 5.32 Å². The van der Waals surface area contributed by atoms with Crippen LogP contribution in [0.4, 0.5) is 10.6 Å². The van der Waals surface area contributed by atoms with Crippen molar-refractivity contribution in [3.8, 4) is 22.7 Å². The summed E-state index contributed by atoms with van der Waals surface area (Å²) >= 11 is 0. The molecule has 0 aliphatic carbocycles. The number of anilines is 1. The first kappa shape index (κ1) is 32.7. The molecule has 0 aromatic carbocycles. The molecular weight excluding hydrogens is 546 g/mol. The van der Waals surface area contributed by atoms with E-state index in [0.717, 1.165) is 10.4 Å². The molecule has 0 radical (unpaired) electrons. The average molecular weight is 592 g/mol. The number of hydrogen-bond donors (Lipinski definition) is 2. The van der Waals surface area contributed by atoms with Crippen LogP contribution >= 0.6 is 0 Å². The van der Waals surface area contributed by atoms with Crippen molar-refractivity contribution in [2.24, 2.45) is 12.5 Å². The fourth-order valence-electron chi connectivity index (χ4n) is 5.85. The number of nitrogens with zero attached hydrogens (tertiary/aromatic N) is 6. The summed E-state index contributed by atoms with van der Waals surface area (Å²) in [7, 11) is -0.194. The summed E-state index contributed by atoms with van der Waals surface area (Å²) in [4.78, 5) is 44.5. The normalized spacial score (nSPS) is 12.9. The monoisotopic (exact) mass is 591 g/mol. The van der Waals surface area contributed by atoms with E-state index in [0.29, 0.717) is 39.2 Å². The van der Waals surface area contributed by atoms with Gasteiger partial charge in [0.15, 0.2) is 5.65 Å². The van der Waals surface area contributed by atoms with Crippen molar-refractivity contribution in [1.82, 2.24) is 29.4 Å². The molecule has 0 saturated heterocycles. The summed E-state index contributed by atoms with van der Waals surface area (Å²) in [6.07, 6.45) is 1.98. The van der Waals surface area contributed by atoms with E-state index in [1.807, 2.05) is 38.5 Å². The zero-order valence-electron chi connectivity index (χ0n) is 26.8. The van der Waals surface area contributed by atoms with Gasteiger partial charge in [0, 0.05) is 19.2 Å². The highest BCUT2D eigenvalue weighted by atomic mass is 28.3. The Morgan fingerprint density at radius 2 is 1.64 bits per heavy atom. The van der Waals surface area contributed by atoms with E-state index < -0.39 is 26.1 Å². The van der Waals surface area contributed by atoms with Crippen LogP contribution in [0.1, 0.15) is 74.9 Å². The smallest absolute Gasteiger partial charge is 0.407 e. The van der Waals surface area contributed by atoms with Crippen LogP contribution in [0.2, 0.25) is 16.6 Å². The molecule has 42 heavy (non-hydrogen) atoms. The van der Waals surface area contributed by atoms with E-state index in [2.05, 4.69) is 73.3 Å². The molecule has 10 nitrogen and oxygen atoms in total. The molecule has 3 aromatic heterocycles. The van der Waals surface area contributed by atoms with Gasteiger partial charge in [0.2, 0.25) is 5.91 Å². The van der Waals surface area contributed by atoms with E-state index in [4.69, 9.17) is 4.98 Å². The lowest BCUT2D eigenvalue weighted by Gasteiger charge is -2.38. The number of amides is 2. The zero-order chi connectivity index (χ0) is 31.6. The van der Waals surface area contributed by atoms with Crippen molar-refractivity contribution in [2.45, 2.75) is 91.9 Å². The van der Waals surface area contributed by atoms with Gasteiger partial charge in [-0.05, 0) is 41.1 Å². The average Bonchev–Trinajstić information content (AvgIpc) is 3.26. The van der Waals surface area contributed by atoms with Crippen molar-refractivity contribution in [3.05, 3.63) is 30.5 Å². The number of imidazole rings is 1. The third-order valence-electron chi connectivity index (χ3n) is 7.87. The minimum absolute atomic E-state index is 0.201. The summed E-state index contributed by atoms with van der Waals surface area (Å²) in [5.41, 5.74) is 7.83. The molecule has 11 heteroatoms. The second-order valence-corrected chi connectivity index (χ2v) is 18.7. The molecule has 0 aliphatic heterocycles. The summed E-state index contributed by atoms with van der Waals surface area (Å²) in [5.74, 6) is 3.18. The Bertz CT molecular complexity index is 1490. The van der Waals surface area contributed by atoms with Crippen molar-refractivity contribution in [1.29, 1.82) is 0 Å². The van der Waals surface area contributed by atoms with E-state index in [1.54, 1.807) is 19.3 Å². The zero-order valence-corrected chi connectivity index (χ0v) is 27.8. The molecule has 1 atom stereocenters. The van der Waals surface area contributed by atoms with E-state index in [1.165, 1.54) is 6.33 Å². The van der Waals surface area contributed by atoms with Gasteiger partial charge >= 0.3 is 6.09 Å². The van der Waals surface area contributed by atoms with Crippen LogP contribution in [0.15, 0.2) is 24.8 Å². The molecule has 226 valence electrons. The molecule has 3 rings (SSSR count). The molecule has 1 unspecified atom stereocenters. The minimum Gasteiger partial charge on any atom is -0.465 e. The third kappa shape index (κ3) is 6.98. The molecular formula is C31H45N7O3Si. The first-order chi connectivity index (χ1) is 19.5. The minimum atomic E-state index is -2.07. The number of aryl methyl sites for hydroxylation is 1. The lowest BCUT2D eigenvalue weighted by Crippen LogP contribution is -2.48. The van der Waals surface area contributed by atoms with Gasteiger partial charge in [0.25, 0.3) is 0 Å². The Labute approximate surface area is 250 Å². The summed E-state index contributed by atoms with van der Waals surface area (Å²) in [6, 6.07) is 2.68. The van der Waals surface area contributed by atoms with Gasteiger partial charge in [0.1, 0.15) is 37.5 Å². The lowest BCUT2D eigenvalue weighted by atomic mass is 9.95. The van der Waals surface area contributed by atoms with Crippen molar-refractivity contribution in [3.63, 3.8) is 0 Å². The molecule has 2 N–H and O–H groups in total. The van der Waals surface area contributed by atoms with Crippen LogP contribution in [0.3, 0.4) is 0 Å². The molecule has 3 aromatic rings. The molecule has 3 heterocycles. The van der Waals surface area contributed by atoms with Gasteiger partial charge in [-0.15, -0.1) is 5.54 Å². The van der Waals surface area contributed by atoms with Gasteiger partial charge in [-0.25, -0.2) is 24.7 Å². The molecule has 0 fully saturated rings. The molecule has 0 spiro atoms. The Hall–Kier alpha value is -3.78. The topological polar surface area (TPSA) is 126 Å². The number of rotatable bonds is 8. The maximum atomic E-state index is 13.4. The van der Waals surface area contributed by atoms with Crippen LogP contribution in [-0.2, 0) is 11.8 Å². The fourth-order valence-corrected chi connectivity index (χ4v) is 11.1. The van der Waals surface area contributed by atoms with Crippen LogP contribution in [0, 0.1) is 16.9 Å². The Balaban J connectivity index is 2.16. The second kappa shape index (κ2) is 12.6. The van der Waals surface area contributed by atoms with E-state index >= 15 is 0 Å². The number of nitrogens with one attached hydrogen (secondary N) is 1. The quantitative estimate of drug-likeness (QED) is 0.231. The number of hydrogen-bond acceptors (Lipinski definition) is 6. The summed E-state index contributed by atoms with van der Waals surface area (Å²) in [6.45, 7) is 21.1. The fraction of sp³-hybridized carbons (Fsp3) is 0.548. The van der Waals surface area contributed by atoms with Crippen molar-refractivity contribution >= 4 is 37.1 Å². The largest absolute Gasteiger partial charge is 0.465 e. The Morgan fingerprint density at radius 1 is 1.02 bits per heavy atom. The Kier molecular flexibility index (Phi) is 9.83. The van der Waals surface area contributed by atoms with E-state index in [9.17, 15) is 14.7 Å². The molecule has 0 bridgehead atoms. The number of aromatic nitrogens is 5. The first-order valence-electron chi connectivity index (χ1n) is 14.5. The highest BCUT2D eigenvalue weighted by Gasteiger charge is 2.41. The van der Waals surface area contributed by atoms with Crippen LogP contribution in [0.25, 0.3) is 22.4 Å². The predicted octanol–water partition coefficient (Wildman–Crippen LogP) is 6.35. The van der Waals surface area contributed by atoms with Crippen LogP contribution in [0.5, 0.6) is 0 Å². The van der Waals surface area contributed by atoms with E-state index in [-0.39, 0.29) is 17.8 Å². The standard InChI is InChI=1S/C31H45N7O3Si/c1-19(2)42(20(3)4,21(5)6)13-12-24-14-23(26-27-28(33-17-32-26)34-18-37(27)11)15-25(35-24)36-29(39)22(7)38(30(40)41)16-31(8,9)10/h14-15,17-22H,16H2,1-11H3,(H,40,41)(H,35,36,39). The first-order valence-corrected chi connectivity index (χ1v) is 16.7.